The zero-order chi connectivity index (χ0) is 13.7. The molecule has 3 nitrogen and oxygen atoms in total. The minimum absolute atomic E-state index is 0.396. The minimum Gasteiger partial charge on any atom is -0.487 e. The number of aromatic nitrogens is 1. The molecule has 1 aromatic carbocycles. The van der Waals surface area contributed by atoms with Crippen molar-refractivity contribution in [1.82, 2.24) is 4.98 Å². The van der Waals surface area contributed by atoms with Crippen LogP contribution in [0.2, 0.25) is 0 Å². The molecule has 1 N–H and O–H groups in total. The number of aryl methyl sites for hydroxylation is 1. The second-order valence-corrected chi connectivity index (χ2v) is 4.55. The third-order valence-electron chi connectivity index (χ3n) is 3.14. The van der Waals surface area contributed by atoms with E-state index in [1.165, 1.54) is 0 Å². The van der Waals surface area contributed by atoms with Gasteiger partial charge in [-0.15, -0.1) is 0 Å². The lowest BCUT2D eigenvalue weighted by atomic mass is 10.1. The first-order valence-corrected chi connectivity index (χ1v) is 6.52. The smallest absolute Gasteiger partial charge is 0.130 e. The standard InChI is InChI=1S/C16H19NO2/c1-3-16(18)13-6-8-14(9-7-13)19-11-15-12(2)5-4-10-17-15/h4-10,16,18H,3,11H2,1-2H3/t16-/m1/s1. The molecule has 0 aliphatic carbocycles. The molecule has 0 bridgehead atoms. The molecule has 2 rings (SSSR count). The summed E-state index contributed by atoms with van der Waals surface area (Å²) in [6.07, 6.45) is 2.09. The van der Waals surface area contributed by atoms with Crippen LogP contribution in [0.3, 0.4) is 0 Å². The normalized spacial score (nSPS) is 12.2. The number of hydrogen-bond acceptors (Lipinski definition) is 3. The Morgan fingerprint density at radius 2 is 1.95 bits per heavy atom. The van der Waals surface area contributed by atoms with E-state index in [1.54, 1.807) is 6.20 Å². The Morgan fingerprint density at radius 3 is 2.58 bits per heavy atom. The van der Waals surface area contributed by atoms with Gasteiger partial charge in [-0.3, -0.25) is 4.98 Å². The maximum atomic E-state index is 9.71. The third kappa shape index (κ3) is 3.55. The second-order valence-electron chi connectivity index (χ2n) is 4.55. The molecular formula is C16H19NO2. The molecule has 0 unspecified atom stereocenters. The summed E-state index contributed by atoms with van der Waals surface area (Å²) in [6.45, 7) is 4.44. The van der Waals surface area contributed by atoms with Crippen LogP contribution in [0, 0.1) is 6.92 Å². The van der Waals surface area contributed by atoms with Crippen molar-refractivity contribution >= 4 is 0 Å². The van der Waals surface area contributed by atoms with Gasteiger partial charge in [0.05, 0.1) is 11.8 Å². The van der Waals surface area contributed by atoms with Gasteiger partial charge in [-0.25, -0.2) is 0 Å². The molecule has 0 fully saturated rings. The van der Waals surface area contributed by atoms with Gasteiger partial charge in [-0.2, -0.15) is 0 Å². The van der Waals surface area contributed by atoms with Crippen molar-refractivity contribution in [2.75, 3.05) is 0 Å². The number of hydrogen-bond donors (Lipinski definition) is 1. The number of rotatable bonds is 5. The Balaban J connectivity index is 1.99. The van der Waals surface area contributed by atoms with Gasteiger partial charge in [0.1, 0.15) is 12.4 Å². The maximum absolute atomic E-state index is 9.71. The van der Waals surface area contributed by atoms with Crippen LogP contribution in [0.25, 0.3) is 0 Å². The molecule has 0 spiro atoms. The summed E-state index contributed by atoms with van der Waals surface area (Å²) < 4.78 is 5.70. The van der Waals surface area contributed by atoms with Crippen LogP contribution >= 0.6 is 0 Å². The molecule has 2 aromatic rings. The summed E-state index contributed by atoms with van der Waals surface area (Å²) in [6, 6.07) is 11.5. The number of benzene rings is 1. The van der Waals surface area contributed by atoms with Crippen molar-refractivity contribution in [3.05, 3.63) is 59.4 Å². The molecule has 0 aliphatic rings. The first-order chi connectivity index (χ1) is 9.20. The Kier molecular flexibility index (Phi) is 4.53. The first kappa shape index (κ1) is 13.6. The molecule has 0 radical (unpaired) electrons. The van der Waals surface area contributed by atoms with E-state index in [4.69, 9.17) is 4.74 Å². The monoisotopic (exact) mass is 257 g/mol. The van der Waals surface area contributed by atoms with E-state index in [0.29, 0.717) is 13.0 Å². The highest BCUT2D eigenvalue weighted by molar-refractivity contribution is 5.29. The van der Waals surface area contributed by atoms with Crippen molar-refractivity contribution in [2.45, 2.75) is 33.0 Å². The van der Waals surface area contributed by atoms with Crippen LogP contribution in [-0.2, 0) is 6.61 Å². The number of nitrogens with zero attached hydrogens (tertiary/aromatic N) is 1. The zero-order valence-corrected chi connectivity index (χ0v) is 11.3. The van der Waals surface area contributed by atoms with Gasteiger partial charge in [0.25, 0.3) is 0 Å². The van der Waals surface area contributed by atoms with Crippen LogP contribution in [0.5, 0.6) is 5.75 Å². The molecule has 0 saturated carbocycles. The van der Waals surface area contributed by atoms with E-state index in [-0.39, 0.29) is 0 Å². The Hall–Kier alpha value is -1.87. The topological polar surface area (TPSA) is 42.4 Å². The zero-order valence-electron chi connectivity index (χ0n) is 11.3. The highest BCUT2D eigenvalue weighted by Crippen LogP contribution is 2.20. The van der Waals surface area contributed by atoms with Crippen LogP contribution in [0.15, 0.2) is 42.6 Å². The molecule has 0 amide bonds. The average molecular weight is 257 g/mol. The minimum atomic E-state index is -0.396. The lowest BCUT2D eigenvalue weighted by Crippen LogP contribution is -2.01. The van der Waals surface area contributed by atoms with Crippen molar-refractivity contribution in [3.8, 4) is 5.75 Å². The third-order valence-corrected chi connectivity index (χ3v) is 3.14. The van der Waals surface area contributed by atoms with Crippen molar-refractivity contribution in [2.24, 2.45) is 0 Å². The molecule has 1 heterocycles. The van der Waals surface area contributed by atoms with Gasteiger partial charge < -0.3 is 9.84 Å². The molecule has 19 heavy (non-hydrogen) atoms. The quantitative estimate of drug-likeness (QED) is 0.892. The van der Waals surface area contributed by atoms with Gasteiger partial charge in [0, 0.05) is 6.20 Å². The predicted octanol–water partition coefficient (Wildman–Crippen LogP) is 3.41. The summed E-state index contributed by atoms with van der Waals surface area (Å²) in [7, 11) is 0. The molecular weight excluding hydrogens is 238 g/mol. The van der Waals surface area contributed by atoms with Crippen LogP contribution in [0.4, 0.5) is 0 Å². The largest absolute Gasteiger partial charge is 0.487 e. The molecule has 100 valence electrons. The number of aliphatic hydroxyl groups excluding tert-OH is 1. The predicted molar refractivity (Wildman–Crippen MR) is 75.0 cm³/mol. The van der Waals surface area contributed by atoms with E-state index in [2.05, 4.69) is 4.98 Å². The van der Waals surface area contributed by atoms with E-state index >= 15 is 0 Å². The fraction of sp³-hybridized carbons (Fsp3) is 0.312. The average Bonchev–Trinajstić information content (AvgIpc) is 2.46. The van der Waals surface area contributed by atoms with Gasteiger partial charge in [0.2, 0.25) is 0 Å². The lowest BCUT2D eigenvalue weighted by molar-refractivity contribution is 0.173. The maximum Gasteiger partial charge on any atom is 0.130 e. The van der Waals surface area contributed by atoms with Crippen LogP contribution in [-0.4, -0.2) is 10.1 Å². The van der Waals surface area contributed by atoms with Gasteiger partial charge >= 0.3 is 0 Å². The summed E-state index contributed by atoms with van der Waals surface area (Å²) in [5, 5.41) is 9.71. The van der Waals surface area contributed by atoms with E-state index in [9.17, 15) is 5.11 Å². The van der Waals surface area contributed by atoms with Crippen molar-refractivity contribution in [3.63, 3.8) is 0 Å². The van der Waals surface area contributed by atoms with E-state index < -0.39 is 6.10 Å². The fourth-order valence-corrected chi connectivity index (χ4v) is 1.84. The van der Waals surface area contributed by atoms with Gasteiger partial charge in [-0.1, -0.05) is 25.1 Å². The molecule has 0 saturated heterocycles. The van der Waals surface area contributed by atoms with Crippen molar-refractivity contribution in [1.29, 1.82) is 0 Å². The summed E-state index contributed by atoms with van der Waals surface area (Å²) in [5.41, 5.74) is 2.99. The highest BCUT2D eigenvalue weighted by atomic mass is 16.5. The Bertz CT molecular complexity index is 523. The van der Waals surface area contributed by atoms with Gasteiger partial charge in [0.15, 0.2) is 0 Å². The first-order valence-electron chi connectivity index (χ1n) is 6.52. The number of pyridine rings is 1. The Morgan fingerprint density at radius 1 is 1.21 bits per heavy atom. The molecule has 3 heteroatoms. The van der Waals surface area contributed by atoms with E-state index in [0.717, 1.165) is 22.6 Å². The molecule has 1 atom stereocenters. The van der Waals surface area contributed by atoms with E-state index in [1.807, 2.05) is 50.2 Å². The number of aliphatic hydroxyl groups is 1. The second kappa shape index (κ2) is 6.34. The number of ether oxygens (including phenoxy) is 1. The Labute approximate surface area is 113 Å². The molecule has 0 aliphatic heterocycles. The summed E-state index contributed by atoms with van der Waals surface area (Å²) in [5.74, 6) is 0.789. The van der Waals surface area contributed by atoms with Crippen LogP contribution in [0.1, 0.15) is 36.3 Å². The summed E-state index contributed by atoms with van der Waals surface area (Å²) in [4.78, 5) is 4.29. The van der Waals surface area contributed by atoms with Gasteiger partial charge in [-0.05, 0) is 42.7 Å². The fourth-order valence-electron chi connectivity index (χ4n) is 1.84. The lowest BCUT2D eigenvalue weighted by Gasteiger charge is -2.10. The highest BCUT2D eigenvalue weighted by Gasteiger charge is 2.05. The molecule has 1 aromatic heterocycles. The summed E-state index contributed by atoms with van der Waals surface area (Å²) >= 11 is 0. The van der Waals surface area contributed by atoms with Crippen LogP contribution < -0.4 is 4.74 Å². The SMILES string of the molecule is CC[C@@H](O)c1ccc(OCc2ncccc2C)cc1. The van der Waals surface area contributed by atoms with Crippen molar-refractivity contribution < 1.29 is 9.84 Å².